The minimum Gasteiger partial charge on any atom is -0.497 e. The second kappa shape index (κ2) is 6.80. The predicted molar refractivity (Wildman–Crippen MR) is 70.4 cm³/mol. The minimum absolute atomic E-state index is 0.0138. The van der Waals surface area contributed by atoms with Gasteiger partial charge >= 0.3 is 0 Å². The molecule has 3 nitrogen and oxygen atoms in total. The summed E-state index contributed by atoms with van der Waals surface area (Å²) in [5.74, 6) is 0.289. The van der Waals surface area contributed by atoms with Crippen molar-refractivity contribution in [3.8, 4) is 11.8 Å². The van der Waals surface area contributed by atoms with Gasteiger partial charge in [0.25, 0.3) is 0 Å². The van der Waals surface area contributed by atoms with Crippen LogP contribution in [-0.4, -0.2) is 12.9 Å². The van der Waals surface area contributed by atoms with Gasteiger partial charge in [-0.2, -0.15) is 5.26 Å². The summed E-state index contributed by atoms with van der Waals surface area (Å²) in [5.41, 5.74) is 0.713. The lowest BCUT2D eigenvalue weighted by molar-refractivity contribution is -0.120. The Bertz CT molecular complexity index is 448. The normalized spacial score (nSPS) is 13.4. The maximum atomic E-state index is 12.1. The van der Waals surface area contributed by atoms with E-state index in [1.54, 1.807) is 31.4 Å². The maximum Gasteiger partial charge on any atom is 0.154 e. The Labute approximate surface area is 108 Å². The summed E-state index contributed by atoms with van der Waals surface area (Å²) >= 11 is 0. The fourth-order valence-electron chi connectivity index (χ4n) is 1.76. The van der Waals surface area contributed by atoms with Crippen LogP contribution in [0.25, 0.3) is 0 Å². The van der Waals surface area contributed by atoms with Gasteiger partial charge in [-0.05, 0) is 23.6 Å². The lowest BCUT2D eigenvalue weighted by atomic mass is 9.90. The molecule has 1 aromatic rings. The number of ether oxygens (including phenoxy) is 1. The fourth-order valence-corrected chi connectivity index (χ4v) is 1.76. The smallest absolute Gasteiger partial charge is 0.154 e. The Balaban J connectivity index is 2.89. The highest BCUT2D eigenvalue weighted by Crippen LogP contribution is 2.24. The van der Waals surface area contributed by atoms with E-state index in [-0.39, 0.29) is 5.78 Å². The Morgan fingerprint density at radius 1 is 1.50 bits per heavy atom. The number of rotatable bonds is 6. The lowest BCUT2D eigenvalue weighted by Gasteiger charge is -2.12. The van der Waals surface area contributed by atoms with Gasteiger partial charge in [-0.25, -0.2) is 0 Å². The molecule has 0 radical (unpaired) electrons. The van der Waals surface area contributed by atoms with Crippen LogP contribution >= 0.6 is 0 Å². The summed E-state index contributed by atoms with van der Waals surface area (Å²) in [6.45, 7) is 4.07. The van der Waals surface area contributed by atoms with Crippen LogP contribution in [0.4, 0.5) is 0 Å². The van der Waals surface area contributed by atoms with E-state index in [1.807, 2.05) is 13.8 Å². The van der Waals surface area contributed by atoms with Gasteiger partial charge < -0.3 is 4.74 Å². The first-order valence-electron chi connectivity index (χ1n) is 6.18. The van der Waals surface area contributed by atoms with Gasteiger partial charge in [0.2, 0.25) is 0 Å². The van der Waals surface area contributed by atoms with Gasteiger partial charge in [-0.1, -0.05) is 32.4 Å². The number of nitriles is 1. The van der Waals surface area contributed by atoms with Gasteiger partial charge in [0.15, 0.2) is 5.78 Å². The third-order valence-electron chi connectivity index (χ3n) is 3.12. The highest BCUT2D eigenvalue weighted by Gasteiger charge is 2.21. The number of nitrogens with zero attached hydrogens (tertiary/aromatic N) is 1. The molecule has 1 rings (SSSR count). The number of hydrogen-bond acceptors (Lipinski definition) is 3. The molecule has 0 aliphatic carbocycles. The van der Waals surface area contributed by atoms with Crippen molar-refractivity contribution >= 4 is 5.78 Å². The van der Waals surface area contributed by atoms with E-state index in [9.17, 15) is 10.1 Å². The molecule has 0 aliphatic rings. The van der Waals surface area contributed by atoms with E-state index < -0.39 is 5.92 Å². The average molecular weight is 245 g/mol. The van der Waals surface area contributed by atoms with Crippen LogP contribution in [0.15, 0.2) is 24.3 Å². The molecule has 2 unspecified atom stereocenters. The average Bonchev–Trinajstić information content (AvgIpc) is 2.39. The lowest BCUT2D eigenvalue weighted by Crippen LogP contribution is -2.14. The SMILES string of the molecule is CCC(C)CC(=O)C(C#N)c1cccc(OC)c1. The van der Waals surface area contributed by atoms with E-state index in [4.69, 9.17) is 4.74 Å². The molecule has 0 N–H and O–H groups in total. The van der Waals surface area contributed by atoms with Gasteiger partial charge in [0.1, 0.15) is 11.7 Å². The van der Waals surface area contributed by atoms with Gasteiger partial charge in [-0.3, -0.25) is 4.79 Å². The molecular weight excluding hydrogens is 226 g/mol. The second-order valence-corrected chi connectivity index (χ2v) is 4.52. The molecule has 0 aliphatic heterocycles. The van der Waals surface area contributed by atoms with Gasteiger partial charge in [-0.15, -0.1) is 0 Å². The van der Waals surface area contributed by atoms with Crippen molar-refractivity contribution in [3.63, 3.8) is 0 Å². The van der Waals surface area contributed by atoms with Crippen molar-refractivity contribution in [3.05, 3.63) is 29.8 Å². The molecule has 0 spiro atoms. The summed E-state index contributed by atoms with van der Waals surface area (Å²) < 4.78 is 5.11. The largest absolute Gasteiger partial charge is 0.497 e. The monoisotopic (exact) mass is 245 g/mol. The van der Waals surface area contributed by atoms with Crippen LogP contribution in [0.3, 0.4) is 0 Å². The first-order valence-corrected chi connectivity index (χ1v) is 6.18. The molecule has 0 saturated carbocycles. The molecule has 3 heteroatoms. The molecular formula is C15H19NO2. The van der Waals surface area contributed by atoms with Crippen LogP contribution < -0.4 is 4.74 Å². The summed E-state index contributed by atoms with van der Waals surface area (Å²) in [6.07, 6.45) is 1.40. The number of hydrogen-bond donors (Lipinski definition) is 0. The van der Waals surface area contributed by atoms with Crippen molar-refractivity contribution in [1.29, 1.82) is 5.26 Å². The van der Waals surface area contributed by atoms with Crippen molar-refractivity contribution in [2.24, 2.45) is 5.92 Å². The zero-order valence-electron chi connectivity index (χ0n) is 11.1. The van der Waals surface area contributed by atoms with E-state index >= 15 is 0 Å². The topological polar surface area (TPSA) is 50.1 Å². The number of carbonyl (C=O) groups excluding carboxylic acids is 1. The third-order valence-corrected chi connectivity index (χ3v) is 3.12. The zero-order valence-corrected chi connectivity index (χ0v) is 11.1. The number of ketones is 1. The van der Waals surface area contributed by atoms with Crippen molar-refractivity contribution < 1.29 is 9.53 Å². The third kappa shape index (κ3) is 3.59. The Morgan fingerprint density at radius 3 is 2.78 bits per heavy atom. The molecule has 0 heterocycles. The van der Waals surface area contributed by atoms with Crippen molar-refractivity contribution in [1.82, 2.24) is 0 Å². The number of methoxy groups -OCH3 is 1. The highest BCUT2D eigenvalue weighted by atomic mass is 16.5. The molecule has 0 fully saturated rings. The van der Waals surface area contributed by atoms with Gasteiger partial charge in [0, 0.05) is 6.42 Å². The van der Waals surface area contributed by atoms with Crippen LogP contribution in [0, 0.1) is 17.2 Å². The summed E-state index contributed by atoms with van der Waals surface area (Å²) in [4.78, 5) is 12.1. The second-order valence-electron chi connectivity index (χ2n) is 4.52. The molecule has 0 bridgehead atoms. The standard InChI is InChI=1S/C15H19NO2/c1-4-11(2)8-15(17)14(10-16)12-6-5-7-13(9-12)18-3/h5-7,9,11,14H,4,8H2,1-3H3. The molecule has 0 aromatic heterocycles. The van der Waals surface area contributed by atoms with E-state index in [0.29, 0.717) is 23.7 Å². The minimum atomic E-state index is -0.686. The summed E-state index contributed by atoms with van der Waals surface area (Å²) in [6, 6.07) is 9.25. The highest BCUT2D eigenvalue weighted by molar-refractivity contribution is 5.88. The number of Topliss-reactive ketones (excluding diaryl/α,β-unsaturated/α-hetero) is 1. The Hall–Kier alpha value is -1.82. The van der Waals surface area contributed by atoms with Crippen molar-refractivity contribution in [2.45, 2.75) is 32.6 Å². The Kier molecular flexibility index (Phi) is 5.38. The van der Waals surface area contributed by atoms with Crippen LogP contribution in [0.1, 0.15) is 38.2 Å². The van der Waals surface area contributed by atoms with Gasteiger partial charge in [0.05, 0.1) is 13.2 Å². The van der Waals surface area contributed by atoms with Crippen LogP contribution in [-0.2, 0) is 4.79 Å². The molecule has 0 amide bonds. The molecule has 0 saturated heterocycles. The van der Waals surface area contributed by atoms with Crippen molar-refractivity contribution in [2.75, 3.05) is 7.11 Å². The summed E-state index contributed by atoms with van der Waals surface area (Å²) in [5, 5.41) is 9.19. The number of benzene rings is 1. The molecule has 18 heavy (non-hydrogen) atoms. The summed E-state index contributed by atoms with van der Waals surface area (Å²) in [7, 11) is 1.57. The molecule has 96 valence electrons. The van der Waals surface area contributed by atoms with Crippen LogP contribution in [0.2, 0.25) is 0 Å². The Morgan fingerprint density at radius 2 is 2.22 bits per heavy atom. The first kappa shape index (κ1) is 14.2. The zero-order chi connectivity index (χ0) is 13.5. The quantitative estimate of drug-likeness (QED) is 0.772. The first-order chi connectivity index (χ1) is 8.62. The van der Waals surface area contributed by atoms with E-state index in [0.717, 1.165) is 6.42 Å². The van der Waals surface area contributed by atoms with Crippen LogP contribution in [0.5, 0.6) is 5.75 Å². The van der Waals surface area contributed by atoms with E-state index in [1.165, 1.54) is 0 Å². The van der Waals surface area contributed by atoms with E-state index in [2.05, 4.69) is 6.07 Å². The predicted octanol–water partition coefficient (Wildman–Crippen LogP) is 3.31. The number of carbonyl (C=O) groups is 1. The fraction of sp³-hybridized carbons (Fsp3) is 0.467. The molecule has 2 atom stereocenters. The molecule has 1 aromatic carbocycles. The maximum absolute atomic E-state index is 12.1.